The average molecular weight is 529 g/mol. The molecule has 1 spiro atoms. The molecule has 37 heavy (non-hydrogen) atoms. The van der Waals surface area contributed by atoms with Crippen molar-refractivity contribution < 1.29 is 27.5 Å². The summed E-state index contributed by atoms with van der Waals surface area (Å²) >= 11 is 0. The molecule has 2 aromatic rings. The van der Waals surface area contributed by atoms with Crippen LogP contribution in [0.1, 0.15) is 44.1 Å². The predicted molar refractivity (Wildman–Crippen MR) is 140 cm³/mol. The zero-order valence-corrected chi connectivity index (χ0v) is 22.2. The Bertz CT molecular complexity index is 1190. The van der Waals surface area contributed by atoms with Gasteiger partial charge in [-0.15, -0.1) is 0 Å². The molecule has 0 bridgehead atoms. The van der Waals surface area contributed by atoms with Crippen LogP contribution in [0.3, 0.4) is 0 Å². The maximum absolute atomic E-state index is 13.3. The summed E-state index contributed by atoms with van der Waals surface area (Å²) < 4.78 is 36.6. The van der Waals surface area contributed by atoms with E-state index >= 15 is 0 Å². The smallest absolute Gasteiger partial charge is 0.238 e. The number of hydrogen-bond acceptors (Lipinski definition) is 6. The molecular formula is C28H36N2O6S. The number of nitrogens with one attached hydrogen (secondary N) is 1. The molecule has 1 fully saturated rings. The fraction of sp³-hybridized carbons (Fsp3) is 0.500. The normalized spacial score (nSPS) is 18.8. The summed E-state index contributed by atoms with van der Waals surface area (Å²) in [6, 6.07) is 14.1. The van der Waals surface area contributed by atoms with Gasteiger partial charge in [-0.05, 0) is 68.0 Å². The van der Waals surface area contributed by atoms with Crippen molar-refractivity contribution in [2.75, 3.05) is 39.1 Å². The lowest BCUT2D eigenvalue weighted by Gasteiger charge is -2.41. The Morgan fingerprint density at radius 1 is 1.03 bits per heavy atom. The Balaban J connectivity index is 1.36. The zero-order chi connectivity index (χ0) is 26.3. The van der Waals surface area contributed by atoms with Gasteiger partial charge in [-0.25, -0.2) is 8.42 Å². The SMILES string of the molecule is COc1ccc(S(=O)(=O)CC(=O)N2CCC3(CCCCCc4ccccc4OCCNC3=O)CC2)cc1. The van der Waals surface area contributed by atoms with Gasteiger partial charge in [-0.1, -0.05) is 31.0 Å². The van der Waals surface area contributed by atoms with Crippen LogP contribution in [0.5, 0.6) is 11.5 Å². The first kappa shape index (κ1) is 27.0. The maximum Gasteiger partial charge on any atom is 0.238 e. The number of para-hydroxylation sites is 1. The van der Waals surface area contributed by atoms with E-state index in [2.05, 4.69) is 11.4 Å². The van der Waals surface area contributed by atoms with Gasteiger partial charge in [0, 0.05) is 13.1 Å². The van der Waals surface area contributed by atoms with Crippen LogP contribution in [0.2, 0.25) is 0 Å². The van der Waals surface area contributed by atoms with Crippen LogP contribution in [0.15, 0.2) is 53.4 Å². The van der Waals surface area contributed by atoms with Gasteiger partial charge in [0.2, 0.25) is 11.8 Å². The number of hydrogen-bond donors (Lipinski definition) is 1. The van der Waals surface area contributed by atoms with E-state index in [9.17, 15) is 18.0 Å². The summed E-state index contributed by atoms with van der Waals surface area (Å²) in [6.07, 6.45) is 5.69. The molecule has 0 saturated carbocycles. The number of rotatable bonds is 4. The third-order valence-electron chi connectivity index (χ3n) is 7.51. The highest BCUT2D eigenvalue weighted by Crippen LogP contribution is 2.38. The van der Waals surface area contributed by atoms with Crippen LogP contribution in [0.25, 0.3) is 0 Å². The molecule has 4 rings (SSSR count). The van der Waals surface area contributed by atoms with Crippen LogP contribution in [0, 0.1) is 5.41 Å². The first-order valence-corrected chi connectivity index (χ1v) is 14.6. The number of piperidine rings is 1. The number of ether oxygens (including phenoxy) is 2. The third-order valence-corrected chi connectivity index (χ3v) is 9.12. The van der Waals surface area contributed by atoms with Crippen LogP contribution >= 0.6 is 0 Å². The van der Waals surface area contributed by atoms with Crippen molar-refractivity contribution in [2.24, 2.45) is 5.41 Å². The second-order valence-corrected chi connectivity index (χ2v) is 11.9. The number of sulfone groups is 1. The maximum atomic E-state index is 13.3. The van der Waals surface area contributed by atoms with E-state index in [1.807, 2.05) is 18.2 Å². The molecule has 0 unspecified atom stereocenters. The van der Waals surface area contributed by atoms with Gasteiger partial charge in [0.15, 0.2) is 9.84 Å². The highest BCUT2D eigenvalue weighted by Gasteiger charge is 2.42. The van der Waals surface area contributed by atoms with E-state index in [0.29, 0.717) is 44.8 Å². The number of methoxy groups -OCH3 is 1. The van der Waals surface area contributed by atoms with Crippen LogP contribution in [0.4, 0.5) is 0 Å². The number of aryl methyl sites for hydroxylation is 1. The minimum absolute atomic E-state index is 0.00147. The van der Waals surface area contributed by atoms with Crippen LogP contribution < -0.4 is 14.8 Å². The Labute approximate surface area is 219 Å². The lowest BCUT2D eigenvalue weighted by atomic mass is 9.73. The molecule has 0 radical (unpaired) electrons. The topological polar surface area (TPSA) is 102 Å². The lowest BCUT2D eigenvalue weighted by Crippen LogP contribution is -2.51. The Morgan fingerprint density at radius 2 is 1.76 bits per heavy atom. The second-order valence-electron chi connectivity index (χ2n) is 9.87. The molecule has 1 N–H and O–H groups in total. The highest BCUT2D eigenvalue weighted by atomic mass is 32.2. The quantitative estimate of drug-likeness (QED) is 0.653. The number of nitrogens with zero attached hydrogens (tertiary/aromatic N) is 1. The van der Waals surface area contributed by atoms with Gasteiger partial charge in [0.1, 0.15) is 23.9 Å². The predicted octanol–water partition coefficient (Wildman–Crippen LogP) is 3.39. The summed E-state index contributed by atoms with van der Waals surface area (Å²) in [5.74, 6) is 0.412. The van der Waals surface area contributed by atoms with Gasteiger partial charge in [-0.2, -0.15) is 0 Å². The number of amides is 2. The van der Waals surface area contributed by atoms with Gasteiger partial charge in [0.25, 0.3) is 0 Å². The van der Waals surface area contributed by atoms with Gasteiger partial charge in [0.05, 0.1) is 24.0 Å². The highest BCUT2D eigenvalue weighted by molar-refractivity contribution is 7.92. The second kappa shape index (κ2) is 12.0. The largest absolute Gasteiger partial charge is 0.497 e. The standard InChI is InChI=1S/C28H36N2O6S/c1-35-23-10-12-24(13-11-23)37(33,34)21-26(31)30-18-15-28(16-19-30)14-6-2-3-7-22-8-4-5-9-25(22)36-20-17-29-27(28)32/h4-5,8-13H,2-3,6-7,14-21H2,1H3,(H,29,32). The van der Waals surface area contributed by atoms with Gasteiger partial charge >= 0.3 is 0 Å². The number of benzene rings is 2. The summed E-state index contributed by atoms with van der Waals surface area (Å²) in [6.45, 7) is 1.54. The van der Waals surface area contributed by atoms with E-state index in [0.717, 1.165) is 37.9 Å². The van der Waals surface area contributed by atoms with Crippen molar-refractivity contribution in [1.29, 1.82) is 0 Å². The number of likely N-dealkylation sites (tertiary alicyclic amines) is 1. The van der Waals surface area contributed by atoms with Crippen molar-refractivity contribution in [2.45, 2.75) is 49.8 Å². The van der Waals surface area contributed by atoms with Crippen molar-refractivity contribution in [3.8, 4) is 11.5 Å². The average Bonchev–Trinajstić information content (AvgIpc) is 2.92. The first-order chi connectivity index (χ1) is 17.8. The van der Waals surface area contributed by atoms with Crippen LogP contribution in [-0.2, 0) is 25.8 Å². The van der Waals surface area contributed by atoms with E-state index < -0.39 is 26.9 Å². The molecule has 2 heterocycles. The third kappa shape index (κ3) is 6.63. The lowest BCUT2D eigenvalue weighted by molar-refractivity contribution is -0.140. The summed E-state index contributed by atoms with van der Waals surface area (Å²) in [7, 11) is -2.26. The molecule has 1 saturated heterocycles. The van der Waals surface area contributed by atoms with E-state index in [-0.39, 0.29) is 10.8 Å². The molecule has 2 amide bonds. The summed E-state index contributed by atoms with van der Waals surface area (Å²) in [5, 5.41) is 3.05. The van der Waals surface area contributed by atoms with Crippen LogP contribution in [-0.4, -0.2) is 64.2 Å². The minimum Gasteiger partial charge on any atom is -0.497 e. The molecular weight excluding hydrogens is 492 g/mol. The molecule has 0 atom stereocenters. The zero-order valence-electron chi connectivity index (χ0n) is 21.4. The molecule has 0 aromatic heterocycles. The van der Waals surface area contributed by atoms with Crippen molar-refractivity contribution >= 4 is 21.7 Å². The summed E-state index contributed by atoms with van der Waals surface area (Å²) in [5.41, 5.74) is 0.645. The molecule has 2 aromatic carbocycles. The first-order valence-electron chi connectivity index (χ1n) is 13.0. The Kier molecular flexibility index (Phi) is 8.74. The molecule has 9 heteroatoms. The van der Waals surface area contributed by atoms with Crippen molar-refractivity contribution in [1.82, 2.24) is 10.2 Å². The van der Waals surface area contributed by atoms with Gasteiger partial charge in [-0.3, -0.25) is 9.59 Å². The van der Waals surface area contributed by atoms with Gasteiger partial charge < -0.3 is 19.7 Å². The van der Waals surface area contributed by atoms with Crippen molar-refractivity contribution in [3.63, 3.8) is 0 Å². The van der Waals surface area contributed by atoms with E-state index in [1.165, 1.54) is 24.8 Å². The fourth-order valence-electron chi connectivity index (χ4n) is 5.21. The Morgan fingerprint density at radius 3 is 2.49 bits per heavy atom. The van der Waals surface area contributed by atoms with E-state index in [1.54, 1.807) is 17.0 Å². The molecule has 8 nitrogen and oxygen atoms in total. The monoisotopic (exact) mass is 528 g/mol. The fourth-order valence-corrected chi connectivity index (χ4v) is 6.44. The molecule has 0 aliphatic carbocycles. The minimum atomic E-state index is -3.77. The molecule has 2 aliphatic rings. The number of carbonyl (C=O) groups excluding carboxylic acids is 2. The Hall–Kier alpha value is -3.07. The number of fused-ring (bicyclic) bond motifs is 1. The summed E-state index contributed by atoms with van der Waals surface area (Å²) in [4.78, 5) is 27.9. The molecule has 2 aliphatic heterocycles. The van der Waals surface area contributed by atoms with Crippen molar-refractivity contribution in [3.05, 3.63) is 54.1 Å². The van der Waals surface area contributed by atoms with E-state index in [4.69, 9.17) is 9.47 Å². The molecule has 200 valence electrons. The number of carbonyl (C=O) groups is 2.